The largest absolute Gasteiger partial charge is 1.00 e. The van der Waals surface area contributed by atoms with Gasteiger partial charge in [0, 0.05) is 6.42 Å². The third-order valence-electron chi connectivity index (χ3n) is 0.844. The molecule has 0 aliphatic carbocycles. The number of aromatic nitrogens is 1. The van der Waals surface area contributed by atoms with Gasteiger partial charge in [-0.25, -0.2) is 4.98 Å². The van der Waals surface area contributed by atoms with Crippen molar-refractivity contribution in [1.29, 1.82) is 0 Å². The molecule has 0 saturated heterocycles. The van der Waals surface area contributed by atoms with Crippen LogP contribution in [0.15, 0.2) is 11.6 Å². The van der Waals surface area contributed by atoms with Gasteiger partial charge in [-0.05, 0) is 0 Å². The van der Waals surface area contributed by atoms with Gasteiger partial charge in [0.05, 0.1) is 5.38 Å². The molecular formula is C5H8ClNS. The zero-order chi connectivity index (χ0) is 5.11. The van der Waals surface area contributed by atoms with Crippen molar-refractivity contribution in [3.8, 4) is 0 Å². The number of thiazole rings is 1. The Labute approximate surface area is 59.2 Å². The summed E-state index contributed by atoms with van der Waals surface area (Å²) in [5, 5.41) is 3.40. The zero-order valence-corrected chi connectivity index (χ0v) is 6.22. The van der Waals surface area contributed by atoms with Crippen LogP contribution in [0.1, 0.15) is 11.9 Å². The van der Waals surface area contributed by atoms with Crippen LogP contribution in [0.5, 0.6) is 0 Å². The summed E-state index contributed by atoms with van der Waals surface area (Å²) in [5.41, 5.74) is 0. The lowest BCUT2D eigenvalue weighted by molar-refractivity contribution is -0.381. The van der Waals surface area contributed by atoms with E-state index in [4.69, 9.17) is 0 Å². The van der Waals surface area contributed by atoms with Crippen LogP contribution in [-0.4, -0.2) is 0 Å². The molecule has 1 heterocycles. The van der Waals surface area contributed by atoms with E-state index < -0.39 is 0 Å². The number of hydrogen-bond donors (Lipinski definition) is 0. The highest BCUT2D eigenvalue weighted by molar-refractivity contribution is 7.09. The van der Waals surface area contributed by atoms with E-state index in [2.05, 4.69) is 17.3 Å². The Morgan fingerprint density at radius 1 is 1.75 bits per heavy atom. The first-order valence-corrected chi connectivity index (χ1v) is 3.25. The Kier molecular flexibility index (Phi) is 3.83. The second kappa shape index (κ2) is 3.87. The molecular weight excluding hydrogens is 142 g/mol. The van der Waals surface area contributed by atoms with E-state index in [9.17, 15) is 0 Å². The van der Waals surface area contributed by atoms with Crippen LogP contribution in [0.4, 0.5) is 0 Å². The Morgan fingerprint density at radius 2 is 2.50 bits per heavy atom. The summed E-state index contributed by atoms with van der Waals surface area (Å²) in [5.74, 6) is 0. The minimum Gasteiger partial charge on any atom is -1.00 e. The van der Waals surface area contributed by atoms with E-state index in [1.165, 1.54) is 5.01 Å². The van der Waals surface area contributed by atoms with Gasteiger partial charge in [-0.15, -0.1) is 0 Å². The fraction of sp³-hybridized carbons (Fsp3) is 0.400. The topological polar surface area (TPSA) is 14.1 Å². The predicted octanol–water partition coefficient (Wildman–Crippen LogP) is -1.87. The quantitative estimate of drug-likeness (QED) is 0.444. The van der Waals surface area contributed by atoms with Gasteiger partial charge in [0.2, 0.25) is 5.01 Å². The van der Waals surface area contributed by atoms with E-state index >= 15 is 0 Å². The number of nitrogens with one attached hydrogen (secondary N) is 1. The number of aromatic amines is 1. The van der Waals surface area contributed by atoms with Gasteiger partial charge in [-0.2, -0.15) is 0 Å². The maximum atomic E-state index is 3.11. The molecule has 1 rings (SSSR count). The summed E-state index contributed by atoms with van der Waals surface area (Å²) >= 11 is 1.77. The molecule has 0 bridgehead atoms. The van der Waals surface area contributed by atoms with Crippen molar-refractivity contribution in [2.75, 3.05) is 0 Å². The Hall–Kier alpha value is -0.0800. The van der Waals surface area contributed by atoms with Crippen molar-refractivity contribution in [2.45, 2.75) is 13.3 Å². The van der Waals surface area contributed by atoms with Crippen molar-refractivity contribution >= 4 is 11.3 Å². The highest BCUT2D eigenvalue weighted by Crippen LogP contribution is 1.97. The fourth-order valence-corrected chi connectivity index (χ4v) is 1.07. The van der Waals surface area contributed by atoms with E-state index in [1.807, 2.05) is 6.20 Å². The first-order chi connectivity index (χ1) is 3.43. The standard InChI is InChI=1S/C5H7NS.ClH/c1-2-5-6-3-4-7-5;/h3-4H,2H2,1H3;1H. The molecule has 8 heavy (non-hydrogen) atoms. The Balaban J connectivity index is 0.000000490. The normalized spacial score (nSPS) is 8.12. The molecule has 1 aromatic heterocycles. The Morgan fingerprint density at radius 3 is 2.75 bits per heavy atom. The minimum absolute atomic E-state index is 0. The second-order valence-electron chi connectivity index (χ2n) is 1.34. The summed E-state index contributed by atoms with van der Waals surface area (Å²) in [7, 11) is 0. The number of hydrogen-bond acceptors (Lipinski definition) is 1. The molecule has 46 valence electrons. The summed E-state index contributed by atoms with van der Waals surface area (Å²) in [4.78, 5) is 3.11. The van der Waals surface area contributed by atoms with Gasteiger partial charge in [-0.1, -0.05) is 18.3 Å². The SMILES string of the molecule is CCc1[nH+]ccs1.[Cl-]. The molecule has 0 spiro atoms. The summed E-state index contributed by atoms with van der Waals surface area (Å²) in [6, 6.07) is 0. The molecule has 1 N–H and O–H groups in total. The van der Waals surface area contributed by atoms with Crippen molar-refractivity contribution in [3.63, 3.8) is 0 Å². The Bertz CT molecular complexity index is 127. The van der Waals surface area contributed by atoms with Crippen molar-refractivity contribution in [1.82, 2.24) is 0 Å². The molecule has 1 aromatic rings. The molecule has 0 radical (unpaired) electrons. The van der Waals surface area contributed by atoms with Gasteiger partial charge in [0.15, 0.2) is 6.20 Å². The van der Waals surface area contributed by atoms with Crippen molar-refractivity contribution in [2.24, 2.45) is 0 Å². The molecule has 0 aromatic carbocycles. The van der Waals surface area contributed by atoms with Crippen LogP contribution in [0.2, 0.25) is 0 Å². The first-order valence-electron chi connectivity index (χ1n) is 2.37. The number of H-pyrrole nitrogens is 1. The van der Waals surface area contributed by atoms with Gasteiger partial charge >= 0.3 is 0 Å². The number of halogens is 1. The summed E-state index contributed by atoms with van der Waals surface area (Å²) in [6.07, 6.45) is 3.08. The average Bonchev–Trinajstić information content (AvgIpc) is 2.14. The van der Waals surface area contributed by atoms with E-state index in [-0.39, 0.29) is 12.4 Å². The highest BCUT2D eigenvalue weighted by Gasteiger charge is 1.93. The smallest absolute Gasteiger partial charge is 0.235 e. The van der Waals surface area contributed by atoms with Crippen LogP contribution in [0.25, 0.3) is 0 Å². The van der Waals surface area contributed by atoms with Crippen LogP contribution >= 0.6 is 11.3 Å². The molecule has 0 atom stereocenters. The fourth-order valence-electron chi connectivity index (χ4n) is 0.463. The molecule has 0 fully saturated rings. The van der Waals surface area contributed by atoms with Gasteiger partial charge in [-0.3, -0.25) is 0 Å². The summed E-state index contributed by atoms with van der Waals surface area (Å²) in [6.45, 7) is 2.14. The predicted molar refractivity (Wildman–Crippen MR) is 30.3 cm³/mol. The first kappa shape index (κ1) is 7.92. The molecule has 0 amide bonds. The lowest BCUT2D eigenvalue weighted by Crippen LogP contribution is -3.00. The molecule has 0 aliphatic heterocycles. The van der Waals surface area contributed by atoms with Gasteiger partial charge < -0.3 is 12.4 Å². The molecule has 1 nitrogen and oxygen atoms in total. The number of aryl methyl sites for hydroxylation is 1. The highest BCUT2D eigenvalue weighted by atomic mass is 35.5. The van der Waals surface area contributed by atoms with Crippen LogP contribution in [-0.2, 0) is 6.42 Å². The minimum atomic E-state index is 0. The molecule has 0 saturated carbocycles. The lowest BCUT2D eigenvalue weighted by atomic mass is 10.5. The van der Waals surface area contributed by atoms with Crippen molar-refractivity contribution < 1.29 is 17.4 Å². The monoisotopic (exact) mass is 149 g/mol. The third-order valence-corrected chi connectivity index (χ3v) is 1.81. The molecule has 0 unspecified atom stereocenters. The number of rotatable bonds is 1. The van der Waals surface area contributed by atoms with Crippen LogP contribution < -0.4 is 17.4 Å². The molecule has 3 heteroatoms. The van der Waals surface area contributed by atoms with Crippen LogP contribution in [0.3, 0.4) is 0 Å². The van der Waals surface area contributed by atoms with Crippen molar-refractivity contribution in [3.05, 3.63) is 16.6 Å². The summed E-state index contributed by atoms with van der Waals surface area (Å²) < 4.78 is 0. The van der Waals surface area contributed by atoms with E-state index in [0.717, 1.165) is 6.42 Å². The lowest BCUT2D eigenvalue weighted by Gasteiger charge is -1.69. The van der Waals surface area contributed by atoms with Gasteiger partial charge in [0.1, 0.15) is 0 Å². The van der Waals surface area contributed by atoms with Gasteiger partial charge in [0.25, 0.3) is 0 Å². The third kappa shape index (κ3) is 1.80. The average molecular weight is 150 g/mol. The van der Waals surface area contributed by atoms with Crippen LogP contribution in [0, 0.1) is 0 Å². The van der Waals surface area contributed by atoms with E-state index in [0.29, 0.717) is 0 Å². The second-order valence-corrected chi connectivity index (χ2v) is 2.34. The maximum Gasteiger partial charge on any atom is 0.235 e. The zero-order valence-electron chi connectivity index (χ0n) is 4.65. The maximum absolute atomic E-state index is 3.11. The van der Waals surface area contributed by atoms with E-state index in [1.54, 1.807) is 11.3 Å². The molecule has 0 aliphatic rings.